The molecule has 1 saturated heterocycles. The highest BCUT2D eigenvalue weighted by atomic mass is 19.4. The van der Waals surface area contributed by atoms with Crippen molar-refractivity contribution in [2.45, 2.75) is 24.6 Å². The van der Waals surface area contributed by atoms with E-state index in [0.29, 0.717) is 25.9 Å². The minimum atomic E-state index is -4.54. The number of benzene rings is 2. The van der Waals surface area contributed by atoms with Crippen LogP contribution in [0.25, 0.3) is 5.70 Å². The number of carbonyl (C=O) groups is 1. The van der Waals surface area contributed by atoms with Gasteiger partial charge in [0.05, 0.1) is 24.1 Å². The van der Waals surface area contributed by atoms with E-state index in [9.17, 15) is 18.0 Å². The standard InChI is InChI=1S/C22H22F3N3O3/c1-30-16-6-4-5-15(13-16)19-14-21(31-27-19)9-11-28(12-10-21)20(29)26-18-8-3-2-7-17(18)22(23,24)25/h2-8,13-14,27H,9-12H2,1H3,(H,26,29). The van der Waals surface area contributed by atoms with Gasteiger partial charge in [-0.05, 0) is 30.3 Å². The van der Waals surface area contributed by atoms with Crippen molar-refractivity contribution in [3.63, 3.8) is 0 Å². The van der Waals surface area contributed by atoms with Gasteiger partial charge in [0, 0.05) is 31.5 Å². The third kappa shape index (κ3) is 4.46. The molecule has 164 valence electrons. The van der Waals surface area contributed by atoms with Gasteiger partial charge in [-0.3, -0.25) is 10.3 Å². The first-order valence-corrected chi connectivity index (χ1v) is 9.83. The molecule has 0 saturated carbocycles. The number of urea groups is 1. The molecule has 0 unspecified atom stereocenters. The molecule has 1 fully saturated rings. The van der Waals surface area contributed by atoms with E-state index in [1.54, 1.807) is 7.11 Å². The summed E-state index contributed by atoms with van der Waals surface area (Å²) in [6.07, 6.45) is -1.51. The van der Waals surface area contributed by atoms with Crippen LogP contribution in [-0.2, 0) is 11.0 Å². The number of hydrogen-bond donors (Lipinski definition) is 2. The minimum absolute atomic E-state index is 0.251. The lowest BCUT2D eigenvalue weighted by Crippen LogP contribution is -2.48. The molecule has 4 rings (SSSR count). The van der Waals surface area contributed by atoms with E-state index < -0.39 is 23.4 Å². The van der Waals surface area contributed by atoms with Gasteiger partial charge in [-0.25, -0.2) is 4.79 Å². The molecule has 6 nitrogen and oxygen atoms in total. The number of piperidine rings is 1. The number of methoxy groups -OCH3 is 1. The molecule has 0 aromatic heterocycles. The number of hydrogen-bond acceptors (Lipinski definition) is 4. The van der Waals surface area contributed by atoms with Crippen molar-refractivity contribution >= 4 is 17.4 Å². The van der Waals surface area contributed by atoms with Crippen molar-refractivity contribution in [2.75, 3.05) is 25.5 Å². The Labute approximate surface area is 177 Å². The number of alkyl halides is 3. The first kappa shape index (κ1) is 21.0. The Kier molecular flexibility index (Phi) is 5.53. The third-order valence-corrected chi connectivity index (χ3v) is 5.52. The molecule has 2 heterocycles. The molecule has 0 bridgehead atoms. The number of hydroxylamine groups is 1. The van der Waals surface area contributed by atoms with Crippen LogP contribution in [0, 0.1) is 0 Å². The van der Waals surface area contributed by atoms with Gasteiger partial charge in [-0.15, -0.1) is 0 Å². The van der Waals surface area contributed by atoms with Crippen LogP contribution in [0.15, 0.2) is 54.6 Å². The number of likely N-dealkylation sites (tertiary alicyclic amines) is 1. The van der Waals surface area contributed by atoms with Gasteiger partial charge in [-0.1, -0.05) is 24.3 Å². The maximum atomic E-state index is 13.2. The Hall–Kier alpha value is -3.20. The number of anilines is 1. The average molecular weight is 433 g/mol. The van der Waals surface area contributed by atoms with Crippen molar-refractivity contribution < 1.29 is 27.5 Å². The first-order valence-electron chi connectivity index (χ1n) is 9.83. The Balaban J connectivity index is 1.41. The summed E-state index contributed by atoms with van der Waals surface area (Å²) in [5.41, 5.74) is 3.00. The van der Waals surface area contributed by atoms with E-state index in [1.165, 1.54) is 23.1 Å². The van der Waals surface area contributed by atoms with E-state index >= 15 is 0 Å². The highest BCUT2D eigenvalue weighted by molar-refractivity contribution is 5.90. The molecule has 2 aliphatic rings. The molecule has 9 heteroatoms. The van der Waals surface area contributed by atoms with Crippen LogP contribution < -0.4 is 15.5 Å². The zero-order chi connectivity index (χ0) is 22.1. The second-order valence-corrected chi connectivity index (χ2v) is 7.52. The van der Waals surface area contributed by atoms with Crippen molar-refractivity contribution in [1.29, 1.82) is 0 Å². The monoisotopic (exact) mass is 433 g/mol. The van der Waals surface area contributed by atoms with Crippen LogP contribution in [-0.4, -0.2) is 36.7 Å². The summed E-state index contributed by atoms with van der Waals surface area (Å²) in [6, 6.07) is 11.9. The summed E-state index contributed by atoms with van der Waals surface area (Å²) in [6.45, 7) is 0.702. The fourth-order valence-electron chi connectivity index (χ4n) is 3.78. The number of rotatable bonds is 3. The molecule has 2 N–H and O–H groups in total. The molecular formula is C22H22F3N3O3. The summed E-state index contributed by atoms with van der Waals surface area (Å²) >= 11 is 0. The number of nitrogens with one attached hydrogen (secondary N) is 2. The van der Waals surface area contributed by atoms with Crippen molar-refractivity contribution in [1.82, 2.24) is 10.4 Å². The van der Waals surface area contributed by atoms with Gasteiger partial charge >= 0.3 is 12.2 Å². The van der Waals surface area contributed by atoms with Crippen LogP contribution in [0.3, 0.4) is 0 Å². The molecule has 2 aromatic carbocycles. The lowest BCUT2D eigenvalue weighted by atomic mass is 9.90. The van der Waals surface area contributed by atoms with Gasteiger partial charge in [0.2, 0.25) is 0 Å². The number of carbonyl (C=O) groups excluding carboxylic acids is 1. The number of halogens is 3. The molecule has 2 aliphatic heterocycles. The molecule has 0 aliphatic carbocycles. The normalized spacial score (nSPS) is 17.8. The number of para-hydroxylation sites is 1. The van der Waals surface area contributed by atoms with Crippen LogP contribution >= 0.6 is 0 Å². The lowest BCUT2D eigenvalue weighted by Gasteiger charge is -2.36. The molecule has 1 spiro atoms. The summed E-state index contributed by atoms with van der Waals surface area (Å²) in [7, 11) is 1.60. The SMILES string of the molecule is COc1cccc(C2=CC3(CCN(C(=O)Nc4ccccc4C(F)(F)F)CC3)ON2)c1. The summed E-state index contributed by atoms with van der Waals surface area (Å²) < 4.78 is 44.7. The van der Waals surface area contributed by atoms with E-state index in [-0.39, 0.29) is 5.69 Å². The van der Waals surface area contributed by atoms with Gasteiger partial charge < -0.3 is 15.0 Å². The van der Waals surface area contributed by atoms with Crippen LogP contribution in [0.5, 0.6) is 5.75 Å². The number of nitrogens with zero attached hydrogens (tertiary/aromatic N) is 1. The largest absolute Gasteiger partial charge is 0.497 e. The fraction of sp³-hybridized carbons (Fsp3) is 0.318. The smallest absolute Gasteiger partial charge is 0.418 e. The van der Waals surface area contributed by atoms with Gasteiger partial charge in [0.15, 0.2) is 0 Å². The molecule has 2 aromatic rings. The van der Waals surface area contributed by atoms with Crippen LogP contribution in [0.4, 0.5) is 23.7 Å². The Morgan fingerprint density at radius 1 is 1.16 bits per heavy atom. The van der Waals surface area contributed by atoms with Gasteiger partial charge in [0.1, 0.15) is 11.4 Å². The summed E-state index contributed by atoms with van der Waals surface area (Å²) in [4.78, 5) is 19.9. The first-order chi connectivity index (χ1) is 14.8. The highest BCUT2D eigenvalue weighted by Gasteiger charge is 2.40. The van der Waals surface area contributed by atoms with E-state index in [2.05, 4.69) is 10.8 Å². The molecule has 0 radical (unpaired) electrons. The zero-order valence-electron chi connectivity index (χ0n) is 16.8. The van der Waals surface area contributed by atoms with Crippen molar-refractivity contribution in [2.24, 2.45) is 0 Å². The molecule has 2 amide bonds. The summed E-state index contributed by atoms with van der Waals surface area (Å²) in [5.74, 6) is 0.728. The topological polar surface area (TPSA) is 62.8 Å². The predicted octanol–water partition coefficient (Wildman–Crippen LogP) is 4.66. The quantitative estimate of drug-likeness (QED) is 0.739. The number of ether oxygens (including phenoxy) is 1. The molecule has 0 atom stereocenters. The second-order valence-electron chi connectivity index (χ2n) is 7.52. The Morgan fingerprint density at radius 3 is 2.61 bits per heavy atom. The summed E-state index contributed by atoms with van der Waals surface area (Å²) in [5, 5.41) is 2.39. The third-order valence-electron chi connectivity index (χ3n) is 5.52. The minimum Gasteiger partial charge on any atom is -0.497 e. The molecular weight excluding hydrogens is 411 g/mol. The maximum absolute atomic E-state index is 13.2. The van der Waals surface area contributed by atoms with E-state index in [4.69, 9.17) is 9.57 Å². The Morgan fingerprint density at radius 2 is 1.90 bits per heavy atom. The van der Waals surface area contributed by atoms with Crippen molar-refractivity contribution in [3.8, 4) is 5.75 Å². The van der Waals surface area contributed by atoms with E-state index in [1.807, 2.05) is 30.3 Å². The average Bonchev–Trinajstić information content (AvgIpc) is 3.17. The van der Waals surface area contributed by atoms with Crippen LogP contribution in [0.2, 0.25) is 0 Å². The number of amides is 2. The van der Waals surface area contributed by atoms with Gasteiger partial charge in [0.25, 0.3) is 0 Å². The van der Waals surface area contributed by atoms with Gasteiger partial charge in [-0.2, -0.15) is 13.2 Å². The second kappa shape index (κ2) is 8.14. The maximum Gasteiger partial charge on any atom is 0.418 e. The lowest BCUT2D eigenvalue weighted by molar-refractivity contribution is -0.136. The zero-order valence-corrected chi connectivity index (χ0v) is 16.8. The van der Waals surface area contributed by atoms with Crippen molar-refractivity contribution in [3.05, 3.63) is 65.7 Å². The Bertz CT molecular complexity index is 999. The van der Waals surface area contributed by atoms with Crippen LogP contribution in [0.1, 0.15) is 24.0 Å². The van der Waals surface area contributed by atoms with E-state index in [0.717, 1.165) is 23.1 Å². The molecule has 31 heavy (non-hydrogen) atoms. The fourth-order valence-corrected chi connectivity index (χ4v) is 3.78. The predicted molar refractivity (Wildman–Crippen MR) is 109 cm³/mol. The highest BCUT2D eigenvalue weighted by Crippen LogP contribution is 2.37.